The molecule has 0 saturated carbocycles. The number of nitrogens with one attached hydrogen (secondary N) is 2. The van der Waals surface area contributed by atoms with Gasteiger partial charge in [0, 0.05) is 40.2 Å². The molecule has 1 aliphatic heterocycles. The molecule has 0 unspecified atom stereocenters. The van der Waals surface area contributed by atoms with Crippen molar-refractivity contribution in [3.8, 4) is 11.3 Å². The molecule has 3 aromatic rings. The maximum absolute atomic E-state index is 13.5. The zero-order valence-corrected chi connectivity index (χ0v) is 19.7. The summed E-state index contributed by atoms with van der Waals surface area (Å²) in [5.41, 5.74) is 4.43. The molecular weight excluding hydrogens is 450 g/mol. The number of hydrogen-bond donors (Lipinski definition) is 2. The lowest BCUT2D eigenvalue weighted by molar-refractivity contribution is -0.116. The van der Waals surface area contributed by atoms with Gasteiger partial charge in [-0.3, -0.25) is 9.59 Å². The molecule has 0 saturated heterocycles. The molecule has 2 N–H and O–H groups in total. The first-order chi connectivity index (χ1) is 16.4. The minimum atomic E-state index is -0.609. The monoisotopic (exact) mass is 473 g/mol. The molecule has 6 nitrogen and oxygen atoms in total. The van der Waals surface area contributed by atoms with Crippen molar-refractivity contribution in [2.24, 2.45) is 0 Å². The van der Waals surface area contributed by atoms with Crippen molar-refractivity contribution in [1.82, 2.24) is 10.3 Å². The van der Waals surface area contributed by atoms with Crippen LogP contribution in [0.1, 0.15) is 43.4 Å². The zero-order chi connectivity index (χ0) is 23.8. The van der Waals surface area contributed by atoms with Gasteiger partial charge >= 0.3 is 0 Å². The summed E-state index contributed by atoms with van der Waals surface area (Å²) in [6.45, 7) is 3.79. The molecule has 0 bridgehead atoms. The summed E-state index contributed by atoms with van der Waals surface area (Å²) in [4.78, 5) is 30.9. The van der Waals surface area contributed by atoms with Crippen molar-refractivity contribution in [3.05, 3.63) is 93.6 Å². The molecule has 172 valence electrons. The Hall–Kier alpha value is -3.64. The molecule has 7 heteroatoms. The van der Waals surface area contributed by atoms with Crippen LogP contribution in [0.15, 0.2) is 81.7 Å². The van der Waals surface area contributed by atoms with E-state index in [1.807, 2.05) is 50.2 Å². The summed E-state index contributed by atoms with van der Waals surface area (Å²) in [5.74, 6) is 0.726. The summed E-state index contributed by atoms with van der Waals surface area (Å²) in [6, 6.07) is 14.7. The van der Waals surface area contributed by atoms with E-state index in [4.69, 9.17) is 16.0 Å². The Morgan fingerprint density at radius 1 is 1.15 bits per heavy atom. The molecule has 2 aliphatic rings. The maximum Gasteiger partial charge on any atom is 0.255 e. The molecule has 0 radical (unpaired) electrons. The van der Waals surface area contributed by atoms with E-state index in [0.29, 0.717) is 45.6 Å². The number of furan rings is 1. The third kappa shape index (κ3) is 4.17. The quantitative estimate of drug-likeness (QED) is 0.492. The Kier molecular flexibility index (Phi) is 5.84. The number of pyridine rings is 1. The fourth-order valence-electron chi connectivity index (χ4n) is 4.66. The van der Waals surface area contributed by atoms with E-state index in [1.54, 1.807) is 18.3 Å². The summed E-state index contributed by atoms with van der Waals surface area (Å²) in [6.07, 6.45) is 3.64. The summed E-state index contributed by atoms with van der Waals surface area (Å²) >= 11 is 6.16. The number of aryl methyl sites for hydroxylation is 1. The highest BCUT2D eigenvalue weighted by Gasteiger charge is 2.40. The molecule has 34 heavy (non-hydrogen) atoms. The number of halogens is 1. The van der Waals surface area contributed by atoms with Gasteiger partial charge < -0.3 is 15.1 Å². The molecular formula is C27H24ClN3O3. The molecule has 0 fully saturated rings. The molecule has 1 amide bonds. The first-order valence-corrected chi connectivity index (χ1v) is 11.6. The summed E-state index contributed by atoms with van der Waals surface area (Å²) in [5, 5.41) is 6.82. The van der Waals surface area contributed by atoms with E-state index < -0.39 is 5.92 Å². The number of dihydropyridines is 1. The first kappa shape index (κ1) is 22.2. The third-order valence-corrected chi connectivity index (χ3v) is 6.43. The molecule has 5 rings (SSSR count). The number of Topliss-reactive ketones (excluding diaryl/α,β-unsaturated/α-hetero) is 1. The van der Waals surface area contributed by atoms with E-state index in [9.17, 15) is 9.59 Å². The molecule has 3 heterocycles. The van der Waals surface area contributed by atoms with Gasteiger partial charge in [0.25, 0.3) is 5.91 Å². The number of anilines is 1. The van der Waals surface area contributed by atoms with Gasteiger partial charge in [-0.05, 0) is 68.7 Å². The van der Waals surface area contributed by atoms with Gasteiger partial charge in [-0.15, -0.1) is 0 Å². The van der Waals surface area contributed by atoms with Crippen LogP contribution >= 0.6 is 11.6 Å². The van der Waals surface area contributed by atoms with Gasteiger partial charge in [-0.2, -0.15) is 0 Å². The average Bonchev–Trinajstić information content (AvgIpc) is 3.28. The van der Waals surface area contributed by atoms with Crippen LogP contribution in [0.4, 0.5) is 5.82 Å². The smallest absolute Gasteiger partial charge is 0.255 e. The van der Waals surface area contributed by atoms with Crippen LogP contribution in [0.5, 0.6) is 0 Å². The minimum absolute atomic E-state index is 0.0333. The number of rotatable bonds is 4. The van der Waals surface area contributed by atoms with E-state index in [0.717, 1.165) is 29.7 Å². The van der Waals surface area contributed by atoms with Crippen LogP contribution in [0.2, 0.25) is 5.02 Å². The van der Waals surface area contributed by atoms with E-state index >= 15 is 0 Å². The second-order valence-corrected chi connectivity index (χ2v) is 9.09. The third-order valence-electron chi connectivity index (χ3n) is 6.20. The van der Waals surface area contributed by atoms with Gasteiger partial charge in [-0.25, -0.2) is 4.98 Å². The van der Waals surface area contributed by atoms with E-state index in [-0.39, 0.29) is 11.7 Å². The van der Waals surface area contributed by atoms with Crippen molar-refractivity contribution in [2.75, 3.05) is 5.32 Å². The van der Waals surface area contributed by atoms with Gasteiger partial charge in [0.15, 0.2) is 5.78 Å². The second kappa shape index (κ2) is 8.95. The fraction of sp³-hybridized carbons (Fsp3) is 0.222. The van der Waals surface area contributed by atoms with E-state index in [1.165, 1.54) is 0 Å². The number of carbonyl (C=O) groups is 2. The highest BCUT2D eigenvalue weighted by atomic mass is 35.5. The Morgan fingerprint density at radius 2 is 2.00 bits per heavy atom. The Labute approximate surface area is 202 Å². The predicted octanol–water partition coefficient (Wildman–Crippen LogP) is 5.91. The van der Waals surface area contributed by atoms with Crippen molar-refractivity contribution >= 4 is 29.1 Å². The van der Waals surface area contributed by atoms with Crippen molar-refractivity contribution < 1.29 is 14.0 Å². The second-order valence-electron chi connectivity index (χ2n) is 8.65. The normalized spacial score (nSPS) is 18.0. The molecule has 1 aliphatic carbocycles. The minimum Gasteiger partial charge on any atom is -0.460 e. The van der Waals surface area contributed by atoms with Gasteiger partial charge in [0.1, 0.15) is 17.3 Å². The molecule has 0 spiro atoms. The van der Waals surface area contributed by atoms with Gasteiger partial charge in [0.05, 0.1) is 11.5 Å². The number of carbonyl (C=O) groups excluding carboxylic acids is 2. The lowest BCUT2D eigenvalue weighted by Crippen LogP contribution is -2.35. The largest absolute Gasteiger partial charge is 0.460 e. The molecule has 2 aromatic heterocycles. The van der Waals surface area contributed by atoms with Crippen LogP contribution in [-0.2, 0) is 9.59 Å². The maximum atomic E-state index is 13.5. The number of amides is 1. The summed E-state index contributed by atoms with van der Waals surface area (Å²) < 4.78 is 6.26. The van der Waals surface area contributed by atoms with Crippen LogP contribution < -0.4 is 10.6 Å². The van der Waals surface area contributed by atoms with Crippen LogP contribution in [-0.4, -0.2) is 16.7 Å². The number of aromatic nitrogens is 1. The average molecular weight is 474 g/mol. The Balaban J connectivity index is 1.58. The van der Waals surface area contributed by atoms with Crippen LogP contribution in [0, 0.1) is 6.92 Å². The highest BCUT2D eigenvalue weighted by molar-refractivity contribution is 6.30. The topological polar surface area (TPSA) is 84.2 Å². The lowest BCUT2D eigenvalue weighted by Gasteiger charge is -2.33. The van der Waals surface area contributed by atoms with Crippen molar-refractivity contribution in [1.29, 1.82) is 0 Å². The van der Waals surface area contributed by atoms with Crippen molar-refractivity contribution in [2.45, 2.75) is 39.0 Å². The summed E-state index contributed by atoms with van der Waals surface area (Å²) in [7, 11) is 0. The van der Waals surface area contributed by atoms with Crippen LogP contribution in [0.25, 0.3) is 11.3 Å². The van der Waals surface area contributed by atoms with Gasteiger partial charge in [0.2, 0.25) is 0 Å². The fourth-order valence-corrected chi connectivity index (χ4v) is 4.85. The number of benzene rings is 1. The number of hydrogen-bond acceptors (Lipinski definition) is 5. The SMILES string of the molecule is CC1=C(C(=O)Nc2cc(C)ccn2)[C@@H](c2ccc(-c3cccc(Cl)c3)o2)C2=C(CCCC2=O)N1. The van der Waals surface area contributed by atoms with E-state index in [2.05, 4.69) is 15.6 Å². The first-order valence-electron chi connectivity index (χ1n) is 11.2. The molecule has 1 atom stereocenters. The number of nitrogens with zero attached hydrogens (tertiary/aromatic N) is 1. The van der Waals surface area contributed by atoms with Crippen LogP contribution in [0.3, 0.4) is 0 Å². The van der Waals surface area contributed by atoms with Gasteiger partial charge in [-0.1, -0.05) is 23.7 Å². The predicted molar refractivity (Wildman–Crippen MR) is 131 cm³/mol. The van der Waals surface area contributed by atoms with Crippen molar-refractivity contribution in [3.63, 3.8) is 0 Å². The zero-order valence-electron chi connectivity index (χ0n) is 18.9. The highest BCUT2D eigenvalue weighted by Crippen LogP contribution is 2.43. The Bertz CT molecular complexity index is 1370. The molecule has 1 aromatic carbocycles. The lowest BCUT2D eigenvalue weighted by atomic mass is 9.77. The Morgan fingerprint density at radius 3 is 2.79 bits per heavy atom. The number of allylic oxidation sites excluding steroid dienone is 3. The number of ketones is 1. The standard InChI is InChI=1S/C27H24ClN3O3/c1-15-11-12-29-23(13-15)31-27(33)24-16(2)30-19-7-4-8-20(32)25(19)26(24)22-10-9-21(34-22)17-5-3-6-18(28)14-17/h3,5-6,9-14,26,30H,4,7-8H2,1-2H3,(H,29,31,33)/t26-/m1/s1.